The summed E-state index contributed by atoms with van der Waals surface area (Å²) in [4.78, 5) is 17.1. The Morgan fingerprint density at radius 1 is 1.23 bits per heavy atom. The van der Waals surface area contributed by atoms with Crippen molar-refractivity contribution in [1.29, 1.82) is 5.26 Å². The molecule has 15 heteroatoms. The minimum Gasteiger partial charge on any atom is -0.475 e. The first kappa shape index (κ1) is 29.0. The van der Waals surface area contributed by atoms with Gasteiger partial charge in [0.1, 0.15) is 41.8 Å². The van der Waals surface area contributed by atoms with E-state index in [2.05, 4.69) is 21.0 Å². The first-order chi connectivity index (χ1) is 21.0. The molecule has 0 aliphatic carbocycles. The lowest BCUT2D eigenvalue weighted by Gasteiger charge is -2.37. The van der Waals surface area contributed by atoms with E-state index < -0.39 is 45.5 Å². The topological polar surface area (TPSA) is 113 Å². The van der Waals surface area contributed by atoms with Crippen LogP contribution >= 0.6 is 11.6 Å². The van der Waals surface area contributed by atoms with Gasteiger partial charge in [-0.25, -0.2) is 13.8 Å². The number of nitrogens with two attached hydrogens (primary N) is 1. The summed E-state index contributed by atoms with van der Waals surface area (Å²) < 4.78 is 85.6. The fourth-order valence-electron chi connectivity index (χ4n) is 7.19. The van der Waals surface area contributed by atoms with E-state index in [0.29, 0.717) is 32.4 Å². The molecule has 0 saturated carbocycles. The Kier molecular flexibility index (Phi) is 6.89. The van der Waals surface area contributed by atoms with Gasteiger partial charge < -0.3 is 20.1 Å². The van der Waals surface area contributed by atoms with Crippen molar-refractivity contribution in [3.05, 3.63) is 28.5 Å². The molecule has 3 aromatic rings. The van der Waals surface area contributed by atoms with Crippen LogP contribution in [0.4, 0.5) is 33.5 Å². The number of pyridine rings is 1. The number of alkyl halides is 4. The lowest BCUT2D eigenvalue weighted by atomic mass is 9.92. The van der Waals surface area contributed by atoms with Crippen LogP contribution in [0.25, 0.3) is 22.2 Å². The van der Waals surface area contributed by atoms with Gasteiger partial charge in [-0.05, 0) is 44.4 Å². The number of halogens is 6. The van der Waals surface area contributed by atoms with E-state index >= 15 is 4.39 Å². The van der Waals surface area contributed by atoms with E-state index in [1.165, 1.54) is 0 Å². The second-order valence-corrected chi connectivity index (χ2v) is 12.3. The second kappa shape index (κ2) is 10.4. The quantitative estimate of drug-likeness (QED) is 0.292. The summed E-state index contributed by atoms with van der Waals surface area (Å²) in [5, 5.41) is 8.93. The SMILES string of the molecule is N#CC1CCN2c3nc(OC[C@@]45CCCN4C[C@H](F)C5)nc4c(F)c(-c5cc(N)cc(Cl)c5C(F)(F)F)nc(c34)OC[C@@H]2C1. The van der Waals surface area contributed by atoms with Crippen molar-refractivity contribution in [2.45, 2.75) is 56.0 Å². The molecular weight excluding hydrogens is 609 g/mol. The van der Waals surface area contributed by atoms with E-state index in [-0.39, 0.29) is 65.9 Å². The van der Waals surface area contributed by atoms with Crippen molar-refractivity contribution in [3.63, 3.8) is 0 Å². The molecule has 4 atom stereocenters. The molecule has 3 saturated heterocycles. The van der Waals surface area contributed by atoms with Crippen molar-refractivity contribution < 1.29 is 31.4 Å². The van der Waals surface area contributed by atoms with Gasteiger partial charge in [-0.1, -0.05) is 11.6 Å². The van der Waals surface area contributed by atoms with Gasteiger partial charge in [0, 0.05) is 30.8 Å². The van der Waals surface area contributed by atoms with Gasteiger partial charge in [0.15, 0.2) is 5.82 Å². The molecule has 44 heavy (non-hydrogen) atoms. The van der Waals surface area contributed by atoms with Crippen molar-refractivity contribution >= 4 is 34.0 Å². The lowest BCUT2D eigenvalue weighted by Crippen LogP contribution is -2.45. The fourth-order valence-corrected chi connectivity index (χ4v) is 7.52. The molecule has 1 aromatic carbocycles. The maximum atomic E-state index is 16.5. The average Bonchev–Trinajstić information content (AvgIpc) is 3.44. The van der Waals surface area contributed by atoms with E-state index in [1.54, 1.807) is 0 Å². The molecule has 9 nitrogen and oxygen atoms in total. The van der Waals surface area contributed by atoms with Gasteiger partial charge in [-0.3, -0.25) is 4.90 Å². The summed E-state index contributed by atoms with van der Waals surface area (Å²) in [7, 11) is 0. The number of fused-ring (bicyclic) bond motifs is 3. The molecule has 4 aliphatic rings. The second-order valence-electron chi connectivity index (χ2n) is 11.9. The van der Waals surface area contributed by atoms with E-state index in [4.69, 9.17) is 26.8 Å². The number of nitriles is 1. The Balaban J connectivity index is 1.40. The fraction of sp³-hybridized carbons (Fsp3) is 0.517. The predicted octanol–water partition coefficient (Wildman–Crippen LogP) is 5.54. The third kappa shape index (κ3) is 4.72. The molecule has 2 N–H and O–H groups in total. The third-order valence-corrected chi connectivity index (χ3v) is 9.48. The Hall–Kier alpha value is -3.70. The summed E-state index contributed by atoms with van der Waals surface area (Å²) in [5.41, 5.74) is 2.15. The number of benzene rings is 1. The van der Waals surface area contributed by atoms with Crippen LogP contribution in [0.5, 0.6) is 11.9 Å². The normalized spacial score (nSPS) is 26.6. The number of nitrogens with zero attached hydrogens (tertiary/aromatic N) is 6. The maximum Gasteiger partial charge on any atom is 0.418 e. The number of ether oxygens (including phenoxy) is 2. The number of rotatable bonds is 4. The van der Waals surface area contributed by atoms with Crippen molar-refractivity contribution in [2.24, 2.45) is 5.92 Å². The lowest BCUT2D eigenvalue weighted by molar-refractivity contribution is -0.137. The highest BCUT2D eigenvalue weighted by Crippen LogP contribution is 2.47. The van der Waals surface area contributed by atoms with Crippen molar-refractivity contribution in [2.75, 3.05) is 43.5 Å². The molecule has 2 aromatic heterocycles. The highest BCUT2D eigenvalue weighted by Gasteiger charge is 2.49. The zero-order valence-corrected chi connectivity index (χ0v) is 24.1. The van der Waals surface area contributed by atoms with Gasteiger partial charge in [0.05, 0.1) is 34.2 Å². The number of hydrogen-bond donors (Lipinski definition) is 1. The Bertz CT molecular complexity index is 1700. The highest BCUT2D eigenvalue weighted by atomic mass is 35.5. The zero-order chi connectivity index (χ0) is 31.0. The minimum atomic E-state index is -4.96. The molecule has 4 aliphatic heterocycles. The highest BCUT2D eigenvalue weighted by molar-refractivity contribution is 6.32. The minimum absolute atomic E-state index is 0.0255. The van der Waals surface area contributed by atoms with E-state index in [0.717, 1.165) is 25.1 Å². The molecule has 0 amide bonds. The molecule has 1 unspecified atom stereocenters. The van der Waals surface area contributed by atoms with Crippen LogP contribution < -0.4 is 20.1 Å². The number of aromatic nitrogens is 3. The summed E-state index contributed by atoms with van der Waals surface area (Å²) in [6.45, 7) is 1.52. The van der Waals surface area contributed by atoms with Gasteiger partial charge in [0.25, 0.3) is 0 Å². The van der Waals surface area contributed by atoms with Crippen LogP contribution in [0.15, 0.2) is 12.1 Å². The van der Waals surface area contributed by atoms with Crippen LogP contribution in [0.1, 0.15) is 37.7 Å². The predicted molar refractivity (Wildman–Crippen MR) is 151 cm³/mol. The molecule has 232 valence electrons. The largest absolute Gasteiger partial charge is 0.475 e. The average molecular weight is 636 g/mol. The molecule has 0 radical (unpaired) electrons. The first-order valence-corrected chi connectivity index (χ1v) is 14.7. The van der Waals surface area contributed by atoms with Crippen LogP contribution in [0, 0.1) is 23.1 Å². The molecule has 3 fully saturated rings. The number of piperidine rings is 1. The Morgan fingerprint density at radius 2 is 2.05 bits per heavy atom. The number of hydrogen-bond acceptors (Lipinski definition) is 9. The Labute approximate surface area is 253 Å². The number of anilines is 2. The summed E-state index contributed by atoms with van der Waals surface area (Å²) in [6, 6.07) is 3.62. The maximum absolute atomic E-state index is 16.5. The van der Waals surface area contributed by atoms with Gasteiger partial charge in [-0.2, -0.15) is 28.4 Å². The zero-order valence-electron chi connectivity index (χ0n) is 23.3. The van der Waals surface area contributed by atoms with Gasteiger partial charge in [-0.15, -0.1) is 0 Å². The Morgan fingerprint density at radius 3 is 2.82 bits per heavy atom. The molecule has 0 spiro atoms. The number of nitrogen functional groups attached to an aromatic ring is 1. The summed E-state index contributed by atoms with van der Waals surface area (Å²) in [5.74, 6) is -1.33. The van der Waals surface area contributed by atoms with Crippen LogP contribution in [0.3, 0.4) is 0 Å². The summed E-state index contributed by atoms with van der Waals surface area (Å²) in [6.07, 6.45) is -3.13. The summed E-state index contributed by atoms with van der Waals surface area (Å²) >= 11 is 5.98. The van der Waals surface area contributed by atoms with E-state index in [9.17, 15) is 22.8 Å². The molecule has 7 rings (SSSR count). The molecule has 0 bridgehead atoms. The van der Waals surface area contributed by atoms with Crippen LogP contribution in [-0.2, 0) is 6.18 Å². The molecular formula is C29H27ClF5N7O2. The smallest absolute Gasteiger partial charge is 0.418 e. The third-order valence-electron chi connectivity index (χ3n) is 9.18. The van der Waals surface area contributed by atoms with Crippen molar-refractivity contribution in [3.8, 4) is 29.2 Å². The van der Waals surface area contributed by atoms with Gasteiger partial charge >= 0.3 is 12.2 Å². The van der Waals surface area contributed by atoms with Crippen LogP contribution in [-0.4, -0.2) is 70.5 Å². The monoisotopic (exact) mass is 635 g/mol. The van der Waals surface area contributed by atoms with Gasteiger partial charge in [0.2, 0.25) is 5.88 Å². The van der Waals surface area contributed by atoms with E-state index in [1.807, 2.05) is 9.80 Å². The standard InChI is InChI=1S/C29H27ClF5N7O2/c30-19-8-16(37)7-18(21(19)29(33,34)35)23-22(32)24-20-25(42-5-2-14(10-36)6-17(42)12-43-26(20)38-23)40-27(39-24)44-13-28-3-1-4-41(28)11-15(31)9-28/h7-8,14-15,17H,1-6,9,11-13,37H2/t14?,15-,17+,28+/m1/s1. The van der Waals surface area contributed by atoms with Crippen LogP contribution in [0.2, 0.25) is 5.02 Å². The molecule has 6 heterocycles. The first-order valence-electron chi connectivity index (χ1n) is 14.4. The van der Waals surface area contributed by atoms with Crippen molar-refractivity contribution in [1.82, 2.24) is 19.9 Å².